The zero-order chi connectivity index (χ0) is 18.6. The third-order valence-corrected chi connectivity index (χ3v) is 4.24. The highest BCUT2D eigenvalue weighted by atomic mass is 19.1. The Balaban J connectivity index is 2.21. The molecule has 0 saturated carbocycles. The van der Waals surface area contributed by atoms with Gasteiger partial charge in [0.15, 0.2) is 0 Å². The van der Waals surface area contributed by atoms with Crippen molar-refractivity contribution in [2.24, 2.45) is 5.92 Å². The van der Waals surface area contributed by atoms with E-state index in [-0.39, 0.29) is 11.7 Å². The number of benzene rings is 1. The zero-order valence-corrected chi connectivity index (χ0v) is 15.3. The largest absolute Gasteiger partial charge is 0.467 e. The van der Waals surface area contributed by atoms with Crippen LogP contribution in [0.4, 0.5) is 9.18 Å². The third-order valence-electron chi connectivity index (χ3n) is 4.24. The van der Waals surface area contributed by atoms with E-state index < -0.39 is 23.7 Å². The van der Waals surface area contributed by atoms with Crippen LogP contribution in [0.5, 0.6) is 0 Å². The number of piperidine rings is 1. The molecular formula is C19H26FNO4. The molecule has 0 N–H and O–H groups in total. The van der Waals surface area contributed by atoms with Gasteiger partial charge >= 0.3 is 12.1 Å². The molecule has 1 heterocycles. The van der Waals surface area contributed by atoms with Crippen molar-refractivity contribution in [1.29, 1.82) is 0 Å². The maximum atomic E-state index is 13.1. The van der Waals surface area contributed by atoms with E-state index in [1.54, 1.807) is 32.9 Å². The van der Waals surface area contributed by atoms with Crippen LogP contribution in [0.3, 0.4) is 0 Å². The smallest absolute Gasteiger partial charge is 0.411 e. The number of amides is 1. The number of hydrogen-bond acceptors (Lipinski definition) is 4. The van der Waals surface area contributed by atoms with Crippen LogP contribution in [0.1, 0.15) is 39.2 Å². The molecule has 25 heavy (non-hydrogen) atoms. The van der Waals surface area contributed by atoms with Crippen LogP contribution in [0.25, 0.3) is 0 Å². The maximum Gasteiger partial charge on any atom is 0.411 e. The van der Waals surface area contributed by atoms with Crippen LogP contribution in [-0.4, -0.2) is 42.3 Å². The van der Waals surface area contributed by atoms with Crippen LogP contribution in [0, 0.1) is 11.7 Å². The Labute approximate surface area is 148 Å². The number of carbonyl (C=O) groups excluding carboxylic acids is 2. The van der Waals surface area contributed by atoms with Crippen molar-refractivity contribution in [3.8, 4) is 0 Å². The summed E-state index contributed by atoms with van der Waals surface area (Å²) >= 11 is 0. The molecule has 1 aromatic carbocycles. The van der Waals surface area contributed by atoms with E-state index in [4.69, 9.17) is 9.47 Å². The summed E-state index contributed by atoms with van der Waals surface area (Å²) in [6, 6.07) is 5.51. The lowest BCUT2D eigenvalue weighted by Gasteiger charge is -2.40. The van der Waals surface area contributed by atoms with Crippen LogP contribution < -0.4 is 0 Å². The average molecular weight is 351 g/mol. The summed E-state index contributed by atoms with van der Waals surface area (Å²) < 4.78 is 23.5. The molecule has 1 fully saturated rings. The predicted molar refractivity (Wildman–Crippen MR) is 91.6 cm³/mol. The minimum atomic E-state index is -0.696. The lowest BCUT2D eigenvalue weighted by atomic mass is 9.84. The standard InChI is InChI=1S/C19H26FNO4/c1-19(2,3)25-18(23)21-11-5-6-14(16(21)17(22)24-4)12-13-7-9-15(20)10-8-13/h7-10,14,16H,5-6,11-12H2,1-4H3/t14-,16+/m1/s1. The van der Waals surface area contributed by atoms with Gasteiger partial charge in [-0.25, -0.2) is 14.0 Å². The van der Waals surface area contributed by atoms with Crippen LogP contribution in [-0.2, 0) is 20.7 Å². The molecule has 1 aliphatic rings. The van der Waals surface area contributed by atoms with Gasteiger partial charge in [0.1, 0.15) is 17.5 Å². The number of esters is 1. The molecule has 1 saturated heterocycles. The summed E-state index contributed by atoms with van der Waals surface area (Å²) in [6.07, 6.45) is 1.63. The fourth-order valence-corrected chi connectivity index (χ4v) is 3.18. The first-order chi connectivity index (χ1) is 11.7. The van der Waals surface area contributed by atoms with Crippen molar-refractivity contribution < 1.29 is 23.5 Å². The Bertz CT molecular complexity index is 609. The second-order valence-electron chi connectivity index (χ2n) is 7.37. The van der Waals surface area contributed by atoms with E-state index >= 15 is 0 Å². The predicted octanol–water partition coefficient (Wildman–Crippen LogP) is 3.56. The molecule has 2 rings (SSSR count). The summed E-state index contributed by atoms with van der Waals surface area (Å²) in [7, 11) is 1.32. The Morgan fingerprint density at radius 1 is 1.24 bits per heavy atom. The van der Waals surface area contributed by atoms with Gasteiger partial charge in [-0.1, -0.05) is 12.1 Å². The van der Waals surface area contributed by atoms with Crippen LogP contribution in [0.2, 0.25) is 0 Å². The fraction of sp³-hybridized carbons (Fsp3) is 0.579. The summed E-state index contributed by atoms with van der Waals surface area (Å²) in [6.45, 7) is 5.82. The average Bonchev–Trinajstić information content (AvgIpc) is 2.54. The van der Waals surface area contributed by atoms with E-state index in [1.165, 1.54) is 24.1 Å². The van der Waals surface area contributed by atoms with Crippen molar-refractivity contribution >= 4 is 12.1 Å². The lowest BCUT2D eigenvalue weighted by Crippen LogP contribution is -2.54. The van der Waals surface area contributed by atoms with Gasteiger partial charge in [0, 0.05) is 6.54 Å². The molecule has 1 aliphatic heterocycles. The lowest BCUT2D eigenvalue weighted by molar-refractivity contribution is -0.150. The molecule has 0 radical (unpaired) electrons. The number of hydrogen-bond donors (Lipinski definition) is 0. The molecule has 0 unspecified atom stereocenters. The van der Waals surface area contributed by atoms with Gasteiger partial charge in [-0.2, -0.15) is 0 Å². The minimum Gasteiger partial charge on any atom is -0.467 e. The van der Waals surface area contributed by atoms with E-state index in [0.29, 0.717) is 13.0 Å². The zero-order valence-electron chi connectivity index (χ0n) is 15.3. The van der Waals surface area contributed by atoms with Crippen molar-refractivity contribution in [1.82, 2.24) is 4.90 Å². The molecule has 138 valence electrons. The van der Waals surface area contributed by atoms with E-state index in [0.717, 1.165) is 18.4 Å². The second-order valence-corrected chi connectivity index (χ2v) is 7.37. The van der Waals surface area contributed by atoms with Gasteiger partial charge in [0.2, 0.25) is 0 Å². The maximum absolute atomic E-state index is 13.1. The number of likely N-dealkylation sites (tertiary alicyclic amines) is 1. The normalized spacial score (nSPS) is 20.9. The van der Waals surface area contributed by atoms with Crippen LogP contribution in [0.15, 0.2) is 24.3 Å². The minimum absolute atomic E-state index is 0.0980. The Morgan fingerprint density at radius 2 is 1.88 bits per heavy atom. The number of halogens is 1. The highest BCUT2D eigenvalue weighted by Crippen LogP contribution is 2.29. The highest BCUT2D eigenvalue weighted by Gasteiger charge is 2.41. The SMILES string of the molecule is COC(=O)[C@@H]1[C@@H](Cc2ccc(F)cc2)CCCN1C(=O)OC(C)(C)C. The molecule has 0 bridgehead atoms. The van der Waals surface area contributed by atoms with Gasteiger partial charge in [-0.05, 0) is 63.6 Å². The van der Waals surface area contributed by atoms with Gasteiger partial charge in [0.25, 0.3) is 0 Å². The van der Waals surface area contributed by atoms with Gasteiger partial charge in [-0.15, -0.1) is 0 Å². The number of ether oxygens (including phenoxy) is 2. The molecule has 5 nitrogen and oxygen atoms in total. The molecule has 6 heteroatoms. The first kappa shape index (κ1) is 19.2. The van der Waals surface area contributed by atoms with Gasteiger partial charge < -0.3 is 9.47 Å². The summed E-state index contributed by atoms with van der Waals surface area (Å²) in [4.78, 5) is 26.4. The molecule has 0 aliphatic carbocycles. The van der Waals surface area contributed by atoms with Crippen molar-refractivity contribution in [3.05, 3.63) is 35.6 Å². The van der Waals surface area contributed by atoms with E-state index in [9.17, 15) is 14.0 Å². The molecule has 2 atom stereocenters. The number of methoxy groups -OCH3 is 1. The first-order valence-electron chi connectivity index (χ1n) is 8.53. The van der Waals surface area contributed by atoms with Gasteiger partial charge in [0.05, 0.1) is 7.11 Å². The molecule has 1 amide bonds. The Morgan fingerprint density at radius 3 is 2.44 bits per heavy atom. The number of rotatable bonds is 3. The first-order valence-corrected chi connectivity index (χ1v) is 8.53. The second kappa shape index (κ2) is 7.85. The molecule has 1 aromatic rings. The topological polar surface area (TPSA) is 55.8 Å². The Hall–Kier alpha value is -2.11. The van der Waals surface area contributed by atoms with Crippen molar-refractivity contribution in [2.75, 3.05) is 13.7 Å². The summed E-state index contributed by atoms with van der Waals surface area (Å²) in [5.74, 6) is -0.843. The van der Waals surface area contributed by atoms with Crippen molar-refractivity contribution in [3.63, 3.8) is 0 Å². The fourth-order valence-electron chi connectivity index (χ4n) is 3.18. The molecular weight excluding hydrogens is 325 g/mol. The number of carbonyl (C=O) groups is 2. The summed E-state index contributed by atoms with van der Waals surface area (Å²) in [5, 5.41) is 0. The number of nitrogens with zero attached hydrogens (tertiary/aromatic N) is 1. The third kappa shape index (κ3) is 5.18. The van der Waals surface area contributed by atoms with E-state index in [2.05, 4.69) is 0 Å². The molecule has 0 aromatic heterocycles. The molecule has 0 spiro atoms. The van der Waals surface area contributed by atoms with Gasteiger partial charge in [-0.3, -0.25) is 4.90 Å². The summed E-state index contributed by atoms with van der Waals surface area (Å²) in [5.41, 5.74) is 0.285. The van der Waals surface area contributed by atoms with Crippen molar-refractivity contribution in [2.45, 2.75) is 51.7 Å². The Kier molecular flexibility index (Phi) is 6.03. The quantitative estimate of drug-likeness (QED) is 0.782. The monoisotopic (exact) mass is 351 g/mol. The van der Waals surface area contributed by atoms with Crippen LogP contribution >= 0.6 is 0 Å². The highest BCUT2D eigenvalue weighted by molar-refractivity contribution is 5.82. The van der Waals surface area contributed by atoms with E-state index in [1.807, 2.05) is 0 Å².